The average Bonchev–Trinajstić information content (AvgIpc) is 2.80. The van der Waals surface area contributed by atoms with Crippen LogP contribution in [0.15, 0.2) is 65.6 Å². The lowest BCUT2D eigenvalue weighted by Gasteiger charge is -2.34. The Morgan fingerprint density at radius 1 is 0.944 bits per heavy atom. The third-order valence-electron chi connectivity index (χ3n) is 5.67. The summed E-state index contributed by atoms with van der Waals surface area (Å²) in [4.78, 5) is 12.9. The summed E-state index contributed by atoms with van der Waals surface area (Å²) in [6.07, 6.45) is -0.105. The predicted octanol–water partition coefficient (Wildman–Crippen LogP) is 3.92. The number of hydrogen-bond donors (Lipinski definition) is 2. The smallest absolute Gasteiger partial charge is 0.267 e. The van der Waals surface area contributed by atoms with Crippen LogP contribution in [0.1, 0.15) is 11.1 Å². The standard InChI is InChI=1S/C24H24ClN3O6S2/c1-15-4-6-19(12-16(15)2)27-36(32,33)20-9-7-18(8-10-20)26-24(29)23-14-28(35(3,30)31)21-13-17(25)5-11-22(21)34-23/h4-13,23,27H,14H2,1-3H3,(H,26,29). The van der Waals surface area contributed by atoms with Crippen molar-refractivity contribution in [2.24, 2.45) is 0 Å². The summed E-state index contributed by atoms with van der Waals surface area (Å²) in [6.45, 7) is 3.58. The van der Waals surface area contributed by atoms with Crippen molar-refractivity contribution in [3.05, 3.63) is 76.8 Å². The monoisotopic (exact) mass is 549 g/mol. The van der Waals surface area contributed by atoms with Crippen molar-refractivity contribution in [2.75, 3.05) is 27.1 Å². The zero-order chi connectivity index (χ0) is 26.3. The molecule has 4 rings (SSSR count). The summed E-state index contributed by atoms with van der Waals surface area (Å²) in [5, 5.41) is 2.97. The molecule has 0 spiro atoms. The molecule has 1 unspecified atom stereocenters. The number of nitrogens with zero attached hydrogens (tertiary/aromatic N) is 1. The predicted molar refractivity (Wildman–Crippen MR) is 140 cm³/mol. The zero-order valence-electron chi connectivity index (χ0n) is 19.6. The maximum Gasteiger partial charge on any atom is 0.267 e. The first-order valence-corrected chi connectivity index (χ1v) is 14.5. The molecule has 1 aliphatic rings. The van der Waals surface area contributed by atoms with Gasteiger partial charge in [-0.1, -0.05) is 17.7 Å². The van der Waals surface area contributed by atoms with E-state index in [9.17, 15) is 21.6 Å². The normalized spacial score (nSPS) is 15.6. The van der Waals surface area contributed by atoms with E-state index in [0.717, 1.165) is 21.7 Å². The molecule has 0 bridgehead atoms. The lowest BCUT2D eigenvalue weighted by atomic mass is 10.1. The molecule has 190 valence electrons. The minimum absolute atomic E-state index is 0.0155. The van der Waals surface area contributed by atoms with Crippen LogP contribution in [-0.4, -0.2) is 41.6 Å². The minimum Gasteiger partial charge on any atom is -0.476 e. The van der Waals surface area contributed by atoms with Gasteiger partial charge in [0.1, 0.15) is 5.75 Å². The van der Waals surface area contributed by atoms with Crippen LogP contribution < -0.4 is 19.1 Å². The van der Waals surface area contributed by atoms with E-state index < -0.39 is 32.1 Å². The fourth-order valence-corrected chi connectivity index (χ4v) is 5.76. The van der Waals surface area contributed by atoms with Gasteiger partial charge < -0.3 is 10.1 Å². The third-order valence-corrected chi connectivity index (χ3v) is 8.45. The number of amides is 1. The Hall–Kier alpha value is -3.28. The quantitative estimate of drug-likeness (QED) is 0.480. The first-order chi connectivity index (χ1) is 16.8. The van der Waals surface area contributed by atoms with Gasteiger partial charge in [-0.05, 0) is 79.6 Å². The first-order valence-electron chi connectivity index (χ1n) is 10.8. The number of anilines is 3. The highest BCUT2D eigenvalue weighted by atomic mass is 35.5. The van der Waals surface area contributed by atoms with Crippen LogP contribution >= 0.6 is 11.6 Å². The van der Waals surface area contributed by atoms with Gasteiger partial charge in [-0.25, -0.2) is 16.8 Å². The van der Waals surface area contributed by atoms with Crippen LogP contribution in [0.2, 0.25) is 5.02 Å². The van der Waals surface area contributed by atoms with E-state index in [1.165, 1.54) is 42.5 Å². The Morgan fingerprint density at radius 2 is 1.61 bits per heavy atom. The summed E-state index contributed by atoms with van der Waals surface area (Å²) < 4.78 is 59.5. The van der Waals surface area contributed by atoms with Gasteiger partial charge in [0, 0.05) is 16.4 Å². The Balaban J connectivity index is 1.48. The molecule has 0 radical (unpaired) electrons. The van der Waals surface area contributed by atoms with Gasteiger partial charge in [0.25, 0.3) is 15.9 Å². The summed E-state index contributed by atoms with van der Waals surface area (Å²) in [6, 6.07) is 15.4. The Bertz CT molecular complexity index is 1540. The SMILES string of the molecule is Cc1ccc(NS(=O)(=O)c2ccc(NC(=O)C3CN(S(C)(=O)=O)c4cc(Cl)ccc4O3)cc2)cc1C. The van der Waals surface area contributed by atoms with E-state index in [-0.39, 0.29) is 22.9 Å². The van der Waals surface area contributed by atoms with Crippen molar-refractivity contribution >= 4 is 54.6 Å². The van der Waals surface area contributed by atoms with Gasteiger partial charge in [0.15, 0.2) is 6.10 Å². The van der Waals surface area contributed by atoms with Gasteiger partial charge in [0.05, 0.1) is 23.4 Å². The molecule has 1 atom stereocenters. The van der Waals surface area contributed by atoms with E-state index >= 15 is 0 Å². The van der Waals surface area contributed by atoms with Gasteiger partial charge in [-0.2, -0.15) is 0 Å². The molecule has 12 heteroatoms. The van der Waals surface area contributed by atoms with E-state index in [4.69, 9.17) is 16.3 Å². The van der Waals surface area contributed by atoms with Crippen LogP contribution in [0.5, 0.6) is 5.75 Å². The van der Waals surface area contributed by atoms with E-state index in [1.54, 1.807) is 12.1 Å². The molecule has 1 aliphatic heterocycles. The summed E-state index contributed by atoms with van der Waals surface area (Å²) in [5.74, 6) is -0.386. The number of nitrogens with one attached hydrogen (secondary N) is 2. The molecule has 1 heterocycles. The van der Waals surface area contributed by atoms with Gasteiger partial charge in [0.2, 0.25) is 10.0 Å². The maximum absolute atomic E-state index is 12.9. The minimum atomic E-state index is -3.84. The summed E-state index contributed by atoms with van der Waals surface area (Å²) in [7, 11) is -7.55. The highest BCUT2D eigenvalue weighted by Crippen LogP contribution is 2.37. The van der Waals surface area contributed by atoms with Crippen LogP contribution in [0.25, 0.3) is 0 Å². The van der Waals surface area contributed by atoms with Crippen molar-refractivity contribution in [2.45, 2.75) is 24.8 Å². The van der Waals surface area contributed by atoms with Crippen molar-refractivity contribution in [3.8, 4) is 5.75 Å². The number of aryl methyl sites for hydroxylation is 2. The molecule has 3 aromatic carbocycles. The second kappa shape index (κ2) is 9.64. The van der Waals surface area contributed by atoms with Crippen molar-refractivity contribution < 1.29 is 26.4 Å². The molecule has 0 aromatic heterocycles. The van der Waals surface area contributed by atoms with Crippen LogP contribution in [0, 0.1) is 13.8 Å². The molecule has 9 nitrogen and oxygen atoms in total. The average molecular weight is 550 g/mol. The van der Waals surface area contributed by atoms with E-state index in [2.05, 4.69) is 10.0 Å². The van der Waals surface area contributed by atoms with E-state index in [1.807, 2.05) is 19.9 Å². The fourth-order valence-electron chi connectivity index (χ4n) is 3.63. The van der Waals surface area contributed by atoms with Crippen LogP contribution in [-0.2, 0) is 24.8 Å². The lowest BCUT2D eigenvalue weighted by molar-refractivity contribution is -0.122. The second-order valence-electron chi connectivity index (χ2n) is 8.43. The number of sulfonamides is 2. The second-order valence-corrected chi connectivity index (χ2v) is 12.5. The van der Waals surface area contributed by atoms with Crippen molar-refractivity contribution in [1.29, 1.82) is 0 Å². The molecule has 0 fully saturated rings. The molecular weight excluding hydrogens is 526 g/mol. The largest absolute Gasteiger partial charge is 0.476 e. The number of ether oxygens (including phenoxy) is 1. The molecule has 0 saturated heterocycles. The number of benzene rings is 3. The maximum atomic E-state index is 12.9. The highest BCUT2D eigenvalue weighted by molar-refractivity contribution is 7.92. The number of hydrogen-bond acceptors (Lipinski definition) is 6. The number of carbonyl (C=O) groups excluding carboxylic acids is 1. The Morgan fingerprint density at radius 3 is 2.25 bits per heavy atom. The Kier molecular flexibility index (Phi) is 6.91. The molecule has 2 N–H and O–H groups in total. The van der Waals surface area contributed by atoms with Gasteiger partial charge in [-0.3, -0.25) is 13.8 Å². The number of carbonyl (C=O) groups is 1. The number of halogens is 1. The Labute approximate surface area is 215 Å². The van der Waals surface area contributed by atoms with Crippen LogP contribution in [0.3, 0.4) is 0 Å². The van der Waals surface area contributed by atoms with Gasteiger partial charge >= 0.3 is 0 Å². The number of fused-ring (bicyclic) bond motifs is 1. The highest BCUT2D eigenvalue weighted by Gasteiger charge is 2.35. The summed E-state index contributed by atoms with van der Waals surface area (Å²) >= 11 is 6.00. The van der Waals surface area contributed by atoms with Gasteiger partial charge in [-0.15, -0.1) is 0 Å². The third kappa shape index (κ3) is 5.58. The molecule has 3 aromatic rings. The zero-order valence-corrected chi connectivity index (χ0v) is 22.0. The molecule has 36 heavy (non-hydrogen) atoms. The van der Waals surface area contributed by atoms with E-state index in [0.29, 0.717) is 16.4 Å². The molecule has 0 saturated carbocycles. The molecule has 1 amide bonds. The lowest BCUT2D eigenvalue weighted by Crippen LogP contribution is -2.48. The van der Waals surface area contributed by atoms with Crippen molar-refractivity contribution in [3.63, 3.8) is 0 Å². The topological polar surface area (TPSA) is 122 Å². The number of rotatable bonds is 6. The molecule has 0 aliphatic carbocycles. The van der Waals surface area contributed by atoms with Crippen molar-refractivity contribution in [1.82, 2.24) is 0 Å². The first kappa shape index (κ1) is 25.8. The fraction of sp³-hybridized carbons (Fsp3) is 0.208. The van der Waals surface area contributed by atoms with Crippen LogP contribution in [0.4, 0.5) is 17.1 Å². The summed E-state index contributed by atoms with van der Waals surface area (Å²) in [5.41, 5.74) is 3.02. The molecular formula is C24H24ClN3O6S2.